The molecule has 1 aromatic carbocycles. The predicted molar refractivity (Wildman–Crippen MR) is 137 cm³/mol. The van der Waals surface area contributed by atoms with E-state index in [0.717, 1.165) is 29.7 Å². The molecule has 1 saturated heterocycles. The molecule has 2 aromatic heterocycles. The van der Waals surface area contributed by atoms with Gasteiger partial charge < -0.3 is 20.7 Å². The molecule has 2 atom stereocenters. The Bertz CT molecular complexity index is 1260. The second-order valence-electron chi connectivity index (χ2n) is 7.66. The summed E-state index contributed by atoms with van der Waals surface area (Å²) in [6.45, 7) is 2.50. The Kier molecular flexibility index (Phi) is 8.27. The van der Waals surface area contributed by atoms with Crippen LogP contribution in [-0.4, -0.2) is 45.4 Å². The summed E-state index contributed by atoms with van der Waals surface area (Å²) in [4.78, 5) is 34.4. The molecular formula is C23H26N6O4S2. The Morgan fingerprint density at radius 3 is 2.86 bits per heavy atom. The van der Waals surface area contributed by atoms with Crippen LogP contribution in [0, 0.1) is 0 Å². The van der Waals surface area contributed by atoms with Gasteiger partial charge in [-0.1, -0.05) is 6.07 Å². The molecule has 1 fully saturated rings. The number of carbonyl (C=O) groups is 2. The molecule has 0 bridgehead atoms. The molecule has 3 N–H and O–H groups in total. The maximum Gasteiger partial charge on any atom is 0.441 e. The van der Waals surface area contributed by atoms with Gasteiger partial charge in [0.25, 0.3) is 0 Å². The lowest BCUT2D eigenvalue weighted by atomic mass is 10.1. The summed E-state index contributed by atoms with van der Waals surface area (Å²) >= 11 is 1.57. The third-order valence-corrected chi connectivity index (χ3v) is 7.19. The third-order valence-electron chi connectivity index (χ3n) is 5.21. The Morgan fingerprint density at radius 1 is 1.29 bits per heavy atom. The molecule has 0 spiro atoms. The van der Waals surface area contributed by atoms with Gasteiger partial charge in [-0.25, -0.2) is 14.0 Å². The van der Waals surface area contributed by atoms with E-state index >= 15 is 0 Å². The zero-order chi connectivity index (χ0) is 24.6. The van der Waals surface area contributed by atoms with Crippen molar-refractivity contribution in [2.24, 2.45) is 4.36 Å². The number of hydrogen-bond acceptors (Lipinski definition) is 9. The molecule has 3 aromatic rings. The minimum absolute atomic E-state index is 0.0364. The molecule has 184 valence electrons. The molecule has 2 amide bonds. The van der Waals surface area contributed by atoms with Crippen LogP contribution in [-0.2, 0) is 20.1 Å². The van der Waals surface area contributed by atoms with Gasteiger partial charge in [0.2, 0.25) is 11.9 Å². The number of anilines is 3. The molecule has 1 aliphatic heterocycles. The summed E-state index contributed by atoms with van der Waals surface area (Å²) in [5, 5.41) is 11.4. The van der Waals surface area contributed by atoms with Crippen molar-refractivity contribution < 1.29 is 18.5 Å². The number of thiol groups is 1. The number of benzene rings is 1. The van der Waals surface area contributed by atoms with Gasteiger partial charge in [0, 0.05) is 28.2 Å². The molecule has 35 heavy (non-hydrogen) atoms. The van der Waals surface area contributed by atoms with E-state index in [9.17, 15) is 13.8 Å². The third kappa shape index (κ3) is 6.55. The highest BCUT2D eigenvalue weighted by Crippen LogP contribution is 2.32. The number of ether oxygens (including phenoxy) is 1. The fourth-order valence-electron chi connectivity index (χ4n) is 3.49. The topological polar surface area (TPSA) is 135 Å². The molecule has 12 heteroatoms. The molecule has 4 rings (SSSR count). The summed E-state index contributed by atoms with van der Waals surface area (Å²) in [6.07, 6.45) is 3.49. The van der Waals surface area contributed by atoms with Crippen LogP contribution in [0.4, 0.5) is 22.2 Å². The molecule has 0 radical (unpaired) electrons. The summed E-state index contributed by atoms with van der Waals surface area (Å²) in [6, 6.07) is 10.2. The van der Waals surface area contributed by atoms with Crippen LogP contribution >= 0.6 is 11.3 Å². The molecule has 0 saturated carbocycles. The van der Waals surface area contributed by atoms with Crippen molar-refractivity contribution in [1.82, 2.24) is 15.3 Å². The molecule has 3 heterocycles. The van der Waals surface area contributed by atoms with Gasteiger partial charge in [-0.3, -0.25) is 4.79 Å². The van der Waals surface area contributed by atoms with Crippen molar-refractivity contribution in [2.75, 3.05) is 23.8 Å². The molecule has 10 nitrogen and oxygen atoms in total. The van der Waals surface area contributed by atoms with Gasteiger partial charge in [-0.2, -0.15) is 4.98 Å². The quantitative estimate of drug-likeness (QED) is 0.345. The number of nitrogens with one attached hydrogen (secondary N) is 3. The Labute approximate surface area is 208 Å². The highest BCUT2D eigenvalue weighted by molar-refractivity contribution is 7.75. The van der Waals surface area contributed by atoms with Gasteiger partial charge in [0.15, 0.2) is 0 Å². The Balaban J connectivity index is 1.55. The standard InChI is InChI=1S/C23H26N6O4S2/c1-2-33-23(31)29-35(32)16-10-8-15(9-11-16)26-22-25-14-17(19-7-5-13-34-19)20(28-22)27-18-6-3-4-12-24-21(18)30/h5,7-11,13-14,18,35H,2-4,6,12H2,1H3,(H,24,30)(H2,25,26,27,28)/t18-/m0/s1. The van der Waals surface area contributed by atoms with E-state index in [-0.39, 0.29) is 18.6 Å². The fraction of sp³-hybridized carbons (Fsp3) is 0.304. The summed E-state index contributed by atoms with van der Waals surface area (Å²) in [5.74, 6) is 0.876. The molecule has 1 unspecified atom stereocenters. The van der Waals surface area contributed by atoms with Crippen molar-refractivity contribution in [3.8, 4) is 10.4 Å². The number of aromatic nitrogens is 2. The zero-order valence-corrected chi connectivity index (χ0v) is 20.8. The van der Waals surface area contributed by atoms with E-state index in [0.29, 0.717) is 28.9 Å². The summed E-state index contributed by atoms with van der Waals surface area (Å²) in [5.41, 5.74) is 1.48. The van der Waals surface area contributed by atoms with E-state index in [4.69, 9.17) is 4.74 Å². The van der Waals surface area contributed by atoms with Crippen molar-refractivity contribution in [3.05, 3.63) is 48.0 Å². The van der Waals surface area contributed by atoms with Crippen molar-refractivity contribution in [3.63, 3.8) is 0 Å². The summed E-state index contributed by atoms with van der Waals surface area (Å²) < 4.78 is 20.5. The van der Waals surface area contributed by atoms with Crippen LogP contribution in [0.2, 0.25) is 0 Å². The normalized spacial score (nSPS) is 16.7. The predicted octanol–water partition coefficient (Wildman–Crippen LogP) is 4.21. The van der Waals surface area contributed by atoms with Gasteiger partial charge >= 0.3 is 6.09 Å². The molecular weight excluding hydrogens is 488 g/mol. The number of thiophene rings is 1. The number of amides is 2. The Morgan fingerprint density at radius 2 is 2.11 bits per heavy atom. The van der Waals surface area contributed by atoms with Crippen molar-refractivity contribution in [1.29, 1.82) is 0 Å². The Hall–Kier alpha value is -3.51. The highest BCUT2D eigenvalue weighted by atomic mass is 32.2. The number of rotatable bonds is 7. The lowest BCUT2D eigenvalue weighted by molar-refractivity contribution is -0.121. The molecule has 1 aliphatic rings. The van der Waals surface area contributed by atoms with E-state index in [1.54, 1.807) is 48.7 Å². The smallest absolute Gasteiger partial charge is 0.441 e. The van der Waals surface area contributed by atoms with Crippen LogP contribution in [0.25, 0.3) is 10.4 Å². The van der Waals surface area contributed by atoms with Crippen LogP contribution in [0.5, 0.6) is 0 Å². The van der Waals surface area contributed by atoms with Gasteiger partial charge in [-0.05, 0) is 61.9 Å². The monoisotopic (exact) mass is 514 g/mol. The van der Waals surface area contributed by atoms with Crippen molar-refractivity contribution in [2.45, 2.75) is 37.1 Å². The van der Waals surface area contributed by atoms with Crippen molar-refractivity contribution >= 4 is 51.4 Å². The number of hydrogen-bond donors (Lipinski definition) is 4. The summed E-state index contributed by atoms with van der Waals surface area (Å²) in [7, 11) is -2.25. The van der Waals surface area contributed by atoms with Crippen LogP contribution in [0.15, 0.2) is 57.2 Å². The van der Waals surface area contributed by atoms with E-state index < -0.39 is 16.7 Å². The average Bonchev–Trinajstić information content (AvgIpc) is 3.31. The number of nitrogens with zero attached hydrogens (tertiary/aromatic N) is 3. The second-order valence-corrected chi connectivity index (χ2v) is 9.87. The lowest BCUT2D eigenvalue weighted by Crippen LogP contribution is -2.38. The first kappa shape index (κ1) is 24.6. The SMILES string of the molecule is CCOC(=O)/N=[SH](=O)/c1ccc(Nc2ncc(-c3cccs3)c(N[C@H]3CCCCNC3=O)n2)cc1. The molecule has 0 aliphatic carbocycles. The second kappa shape index (κ2) is 11.8. The number of carbonyl (C=O) groups excluding carboxylic acids is 2. The zero-order valence-electron chi connectivity index (χ0n) is 19.1. The maximum atomic E-state index is 12.5. The van der Waals surface area contributed by atoms with E-state index in [1.165, 1.54) is 0 Å². The van der Waals surface area contributed by atoms with E-state index in [2.05, 4.69) is 30.3 Å². The first-order valence-corrected chi connectivity index (χ1v) is 13.3. The minimum Gasteiger partial charge on any atom is -0.448 e. The van der Waals surface area contributed by atoms with Gasteiger partial charge in [0.1, 0.15) is 11.9 Å². The average molecular weight is 515 g/mol. The maximum absolute atomic E-state index is 12.5. The first-order chi connectivity index (χ1) is 17.0. The van der Waals surface area contributed by atoms with Crippen LogP contribution in [0.3, 0.4) is 0 Å². The van der Waals surface area contributed by atoms with E-state index in [1.807, 2.05) is 17.5 Å². The minimum atomic E-state index is -2.25. The fourth-order valence-corrected chi connectivity index (χ4v) is 4.95. The first-order valence-electron chi connectivity index (χ1n) is 11.2. The van der Waals surface area contributed by atoms with Crippen LogP contribution in [0.1, 0.15) is 26.2 Å². The van der Waals surface area contributed by atoms with Crippen LogP contribution < -0.4 is 16.0 Å². The van der Waals surface area contributed by atoms with Gasteiger partial charge in [-0.15, -0.1) is 15.7 Å². The van der Waals surface area contributed by atoms with Gasteiger partial charge in [0.05, 0.1) is 22.8 Å². The lowest BCUT2D eigenvalue weighted by Gasteiger charge is -2.18. The largest absolute Gasteiger partial charge is 0.448 e. The highest BCUT2D eigenvalue weighted by Gasteiger charge is 2.23.